The number of benzene rings is 4. The van der Waals surface area contributed by atoms with Crippen LogP contribution in [0.15, 0.2) is 117 Å². The van der Waals surface area contributed by atoms with Gasteiger partial charge in [0.05, 0.1) is 14.2 Å². The summed E-state index contributed by atoms with van der Waals surface area (Å²) in [7, 11) is 3.20. The number of methoxy groups -OCH3 is 2. The molecule has 4 aromatic carbocycles. The second kappa shape index (κ2) is 20.1. The highest BCUT2D eigenvalue weighted by Crippen LogP contribution is 2.37. The molecule has 2 heterocycles. The van der Waals surface area contributed by atoms with Gasteiger partial charge in [-0.05, 0) is 83.6 Å². The van der Waals surface area contributed by atoms with Gasteiger partial charge >= 0.3 is 11.9 Å². The Bertz CT molecular complexity index is 2310. The lowest BCUT2D eigenvalue weighted by molar-refractivity contribution is -0.117. The number of hydrogen-bond donors (Lipinski definition) is 4. The number of carbonyl (C=O) groups is 4. The molecule has 0 unspecified atom stereocenters. The van der Waals surface area contributed by atoms with E-state index in [1.165, 1.54) is 22.7 Å². The van der Waals surface area contributed by atoms with Gasteiger partial charge in [0.2, 0.25) is 11.8 Å². The average Bonchev–Trinajstić information content (AvgIpc) is 3.82. The number of hydrogen-bond acceptors (Lipinski definition) is 8. The summed E-state index contributed by atoms with van der Waals surface area (Å²) in [6.07, 6.45) is 1.61. The number of ether oxygens (including phenoxy) is 2. The van der Waals surface area contributed by atoms with Gasteiger partial charge in [-0.3, -0.25) is 9.59 Å². The van der Waals surface area contributed by atoms with E-state index in [1.807, 2.05) is 97.1 Å². The zero-order valence-electron chi connectivity index (χ0n) is 30.1. The highest BCUT2D eigenvalue weighted by Gasteiger charge is 2.22. The quantitative estimate of drug-likeness (QED) is 0.0843. The summed E-state index contributed by atoms with van der Waals surface area (Å²) in [4.78, 5) is 48.3. The largest absolute Gasteiger partial charge is 0.497 e. The molecule has 288 valence electrons. The maximum absolute atomic E-state index is 12.4. The summed E-state index contributed by atoms with van der Waals surface area (Å²) in [5.41, 5.74) is 4.98. The first-order chi connectivity index (χ1) is 26.9. The van der Waals surface area contributed by atoms with Gasteiger partial charge in [0, 0.05) is 43.7 Å². The van der Waals surface area contributed by atoms with Crippen molar-refractivity contribution in [3.63, 3.8) is 0 Å². The van der Waals surface area contributed by atoms with Gasteiger partial charge in [0.1, 0.15) is 32.6 Å². The van der Waals surface area contributed by atoms with Crippen LogP contribution in [-0.4, -0.2) is 48.2 Å². The van der Waals surface area contributed by atoms with Gasteiger partial charge in [-0.15, -0.1) is 22.7 Å². The minimum atomic E-state index is -1.07. The normalized spacial score (nSPS) is 10.5. The minimum Gasteiger partial charge on any atom is -0.497 e. The van der Waals surface area contributed by atoms with Gasteiger partial charge < -0.3 is 30.3 Å². The van der Waals surface area contributed by atoms with Crippen molar-refractivity contribution in [1.82, 2.24) is 0 Å². The van der Waals surface area contributed by atoms with Crippen LogP contribution in [0.3, 0.4) is 0 Å². The molecule has 2 amide bonds. The standard InChI is InChI=1S/2C21H18BrNO4S/c1-27-16-9-2-13(3-10-16)4-11-18(24)23-20-19(21(25)26)17(12-28-20)14-5-7-15(22)8-6-14;1-27-16-4-2-3-13(11-16)5-10-18(24)23-20-19(21(25)26)17(12-28-20)14-6-8-15(22)9-7-14/h2-3,5-10,12H,4,11H2,1H3,(H,23,24)(H,25,26);2-4,6-9,11-12H,5,10H2,1H3,(H,23,24)(H,25,26). The summed E-state index contributed by atoms with van der Waals surface area (Å²) in [6.45, 7) is 0. The number of aromatic carboxylic acids is 2. The molecule has 0 aliphatic rings. The maximum atomic E-state index is 12.4. The minimum absolute atomic E-state index is 0.113. The number of aryl methyl sites for hydroxylation is 2. The fourth-order valence-corrected chi connectivity index (χ4v) is 8.01. The molecule has 10 nitrogen and oxygen atoms in total. The first kappa shape index (κ1) is 41.9. The first-order valence-corrected chi connectivity index (χ1v) is 20.4. The van der Waals surface area contributed by atoms with E-state index in [0.717, 1.165) is 42.7 Å². The van der Waals surface area contributed by atoms with Crippen molar-refractivity contribution < 1.29 is 38.9 Å². The van der Waals surface area contributed by atoms with Gasteiger partial charge in [0.25, 0.3) is 0 Å². The lowest BCUT2D eigenvalue weighted by Gasteiger charge is -2.07. The molecule has 4 N–H and O–H groups in total. The highest BCUT2D eigenvalue weighted by molar-refractivity contribution is 9.10. The number of anilines is 2. The molecule has 6 aromatic rings. The van der Waals surface area contributed by atoms with Crippen LogP contribution < -0.4 is 20.1 Å². The Hall–Kier alpha value is -5.28. The van der Waals surface area contributed by atoms with E-state index < -0.39 is 11.9 Å². The van der Waals surface area contributed by atoms with E-state index in [-0.39, 0.29) is 35.8 Å². The third kappa shape index (κ3) is 11.4. The van der Waals surface area contributed by atoms with Crippen molar-refractivity contribution in [2.45, 2.75) is 25.7 Å². The Labute approximate surface area is 348 Å². The molecule has 0 spiro atoms. The summed E-state index contributed by atoms with van der Waals surface area (Å²) in [5, 5.41) is 29.0. The molecule has 0 aliphatic heterocycles. The molecule has 0 bridgehead atoms. The molecule has 2 aromatic heterocycles. The molecule has 0 saturated carbocycles. The molecule has 0 radical (unpaired) electrons. The van der Waals surface area contributed by atoms with Crippen LogP contribution in [0, 0.1) is 0 Å². The fraction of sp³-hybridized carbons (Fsp3) is 0.143. The van der Waals surface area contributed by atoms with Crippen molar-refractivity contribution in [2.75, 3.05) is 24.9 Å². The van der Waals surface area contributed by atoms with Crippen LogP contribution in [0.25, 0.3) is 22.3 Å². The zero-order valence-corrected chi connectivity index (χ0v) is 34.9. The number of amides is 2. The fourth-order valence-electron chi connectivity index (χ4n) is 5.52. The highest BCUT2D eigenvalue weighted by atomic mass is 79.9. The van der Waals surface area contributed by atoms with Crippen molar-refractivity contribution in [3.05, 3.63) is 139 Å². The molecular formula is C42H36Br2N2O8S2. The molecular weight excluding hydrogens is 884 g/mol. The Morgan fingerprint density at radius 1 is 0.589 bits per heavy atom. The number of carboxylic acids is 2. The third-order valence-corrected chi connectivity index (χ3v) is 11.2. The Balaban J connectivity index is 0.000000214. The summed E-state index contributed by atoms with van der Waals surface area (Å²) in [5.74, 6) is -1.08. The zero-order chi connectivity index (χ0) is 40.2. The number of carbonyl (C=O) groups excluding carboxylic acids is 2. The van der Waals surface area contributed by atoms with E-state index in [0.29, 0.717) is 34.0 Å². The van der Waals surface area contributed by atoms with E-state index in [1.54, 1.807) is 25.0 Å². The van der Waals surface area contributed by atoms with E-state index >= 15 is 0 Å². The molecule has 0 fully saturated rings. The number of nitrogens with one attached hydrogen (secondary N) is 2. The molecule has 6 rings (SSSR count). The summed E-state index contributed by atoms with van der Waals surface area (Å²) in [6, 6.07) is 29.8. The van der Waals surface area contributed by atoms with Crippen molar-refractivity contribution in [1.29, 1.82) is 0 Å². The Morgan fingerprint density at radius 2 is 1.04 bits per heavy atom. The number of carboxylic acid groups (broad SMARTS) is 2. The predicted molar refractivity (Wildman–Crippen MR) is 229 cm³/mol. The maximum Gasteiger partial charge on any atom is 0.339 e. The number of halogens is 2. The summed E-state index contributed by atoms with van der Waals surface area (Å²) >= 11 is 9.17. The smallest absolute Gasteiger partial charge is 0.339 e. The van der Waals surface area contributed by atoms with Crippen LogP contribution in [0.4, 0.5) is 10.0 Å². The molecule has 0 aliphatic carbocycles. The monoisotopic (exact) mass is 918 g/mol. The predicted octanol–water partition coefficient (Wildman–Crippen LogP) is 10.9. The van der Waals surface area contributed by atoms with Crippen molar-refractivity contribution >= 4 is 88.3 Å². The lowest BCUT2D eigenvalue weighted by atomic mass is 10.0. The molecule has 0 atom stereocenters. The second-order valence-corrected chi connectivity index (χ2v) is 15.7. The second-order valence-electron chi connectivity index (χ2n) is 12.1. The Morgan fingerprint density at radius 3 is 1.46 bits per heavy atom. The first-order valence-electron chi connectivity index (χ1n) is 17.0. The van der Waals surface area contributed by atoms with Crippen molar-refractivity contribution in [3.8, 4) is 33.8 Å². The van der Waals surface area contributed by atoms with Gasteiger partial charge in [-0.25, -0.2) is 9.59 Å². The molecule has 0 saturated heterocycles. The molecule has 56 heavy (non-hydrogen) atoms. The van der Waals surface area contributed by atoms with Gasteiger partial charge in [-0.2, -0.15) is 0 Å². The summed E-state index contributed by atoms with van der Waals surface area (Å²) < 4.78 is 12.1. The third-order valence-electron chi connectivity index (χ3n) is 8.40. The SMILES string of the molecule is COc1ccc(CCC(=O)Nc2scc(-c3ccc(Br)cc3)c2C(=O)O)cc1.COc1cccc(CCC(=O)Nc2scc(-c3ccc(Br)cc3)c2C(=O)O)c1. The topological polar surface area (TPSA) is 151 Å². The van der Waals surface area contributed by atoms with E-state index in [2.05, 4.69) is 42.5 Å². The Kier molecular flexibility index (Phi) is 15.0. The van der Waals surface area contributed by atoms with E-state index in [4.69, 9.17) is 9.47 Å². The van der Waals surface area contributed by atoms with Crippen LogP contribution in [-0.2, 0) is 22.4 Å². The van der Waals surface area contributed by atoms with Crippen LogP contribution in [0.2, 0.25) is 0 Å². The van der Waals surface area contributed by atoms with Gasteiger partial charge in [-0.1, -0.05) is 80.4 Å². The molecule has 14 heteroatoms. The number of thiophene rings is 2. The van der Waals surface area contributed by atoms with Crippen LogP contribution in [0.5, 0.6) is 11.5 Å². The van der Waals surface area contributed by atoms with Crippen LogP contribution in [0.1, 0.15) is 44.7 Å². The number of rotatable bonds is 14. The van der Waals surface area contributed by atoms with Crippen LogP contribution >= 0.6 is 54.5 Å². The van der Waals surface area contributed by atoms with E-state index in [9.17, 15) is 29.4 Å². The average molecular weight is 921 g/mol. The lowest BCUT2D eigenvalue weighted by Crippen LogP contribution is -2.14. The van der Waals surface area contributed by atoms with Crippen molar-refractivity contribution in [2.24, 2.45) is 0 Å². The van der Waals surface area contributed by atoms with Gasteiger partial charge in [0.15, 0.2) is 0 Å².